The fraction of sp³-hybridized carbons (Fsp3) is 1.00. The summed E-state index contributed by atoms with van der Waals surface area (Å²) in [5.41, 5.74) is 0. The van der Waals surface area contributed by atoms with E-state index in [1.54, 1.807) is 0 Å². The number of rotatable bonds is 0. The first-order chi connectivity index (χ1) is 6.11. The van der Waals surface area contributed by atoms with Crippen LogP contribution in [0.1, 0.15) is 39.0 Å². The fourth-order valence-electron chi connectivity index (χ4n) is 3.20. The molecule has 2 heteroatoms. The fourth-order valence-corrected chi connectivity index (χ4v) is 6.18. The molecule has 13 heavy (non-hydrogen) atoms. The summed E-state index contributed by atoms with van der Waals surface area (Å²) in [7, 11) is -1.22. The molecule has 1 aliphatic carbocycles. The molecule has 0 aromatic carbocycles. The van der Waals surface area contributed by atoms with Crippen LogP contribution in [0.3, 0.4) is 0 Å². The minimum absolute atomic E-state index is 0.685. The Hall–Kier alpha value is 0.310. The summed E-state index contributed by atoms with van der Waals surface area (Å²) >= 11 is 0. The molecule has 4 unspecified atom stereocenters. The molecule has 1 aliphatic heterocycles. The second-order valence-corrected chi connectivity index (χ2v) is 8.29. The molecule has 1 nitrogen and oxygen atoms in total. The third-order valence-electron chi connectivity index (χ3n) is 4.12. The molecule has 1 saturated heterocycles. The standard InChI is InChI=1S/C11H22OS/c1-9-7-8-13(2,12)11-6-4-3-5-10(9)11/h9-12H,3-8H2,1-2H3. The summed E-state index contributed by atoms with van der Waals surface area (Å²) in [6.07, 6.45) is 8.86. The molecule has 2 rings (SSSR count). The SMILES string of the molecule is CC1CCS(C)(O)C2CCCCC12. The second-order valence-electron chi connectivity index (χ2n) is 5.06. The first kappa shape index (κ1) is 9.85. The predicted molar refractivity (Wildman–Crippen MR) is 60.5 cm³/mol. The van der Waals surface area contributed by atoms with Gasteiger partial charge in [-0.25, -0.2) is 0 Å². The van der Waals surface area contributed by atoms with Gasteiger partial charge in [0.15, 0.2) is 0 Å². The van der Waals surface area contributed by atoms with Crippen LogP contribution in [-0.4, -0.2) is 21.8 Å². The lowest BCUT2D eigenvalue weighted by Gasteiger charge is -2.51. The van der Waals surface area contributed by atoms with Crippen LogP contribution in [0.25, 0.3) is 0 Å². The minimum Gasteiger partial charge on any atom is -0.351 e. The van der Waals surface area contributed by atoms with E-state index in [2.05, 4.69) is 13.2 Å². The highest BCUT2D eigenvalue weighted by Gasteiger charge is 2.41. The Kier molecular flexibility index (Phi) is 2.63. The summed E-state index contributed by atoms with van der Waals surface area (Å²) in [5, 5.41) is 0.685. The normalized spacial score (nSPS) is 56.4. The lowest BCUT2D eigenvalue weighted by Crippen LogP contribution is -2.39. The first-order valence-corrected chi connectivity index (χ1v) is 7.81. The first-order valence-electron chi connectivity index (χ1n) is 5.58. The third kappa shape index (κ3) is 1.75. The van der Waals surface area contributed by atoms with Crippen molar-refractivity contribution in [3.05, 3.63) is 0 Å². The van der Waals surface area contributed by atoms with Crippen molar-refractivity contribution in [2.75, 3.05) is 12.0 Å². The molecule has 1 saturated carbocycles. The van der Waals surface area contributed by atoms with Gasteiger partial charge in [0.05, 0.1) is 0 Å². The third-order valence-corrected chi connectivity index (χ3v) is 7.08. The van der Waals surface area contributed by atoms with E-state index in [0.717, 1.165) is 17.6 Å². The number of hydrogen-bond donors (Lipinski definition) is 1. The lowest BCUT2D eigenvalue weighted by atomic mass is 9.79. The zero-order valence-electron chi connectivity index (χ0n) is 8.83. The van der Waals surface area contributed by atoms with Crippen molar-refractivity contribution in [3.63, 3.8) is 0 Å². The van der Waals surface area contributed by atoms with Crippen LogP contribution in [0.2, 0.25) is 0 Å². The maximum atomic E-state index is 10.4. The molecule has 1 heterocycles. The maximum absolute atomic E-state index is 10.4. The predicted octanol–water partition coefficient (Wildman–Crippen LogP) is 3.49. The summed E-state index contributed by atoms with van der Waals surface area (Å²) in [6, 6.07) is 0. The Morgan fingerprint density at radius 1 is 1.15 bits per heavy atom. The van der Waals surface area contributed by atoms with Gasteiger partial charge in [0.25, 0.3) is 0 Å². The maximum Gasteiger partial charge on any atom is 0.0130 e. The van der Waals surface area contributed by atoms with Gasteiger partial charge in [-0.1, -0.05) is 19.8 Å². The number of hydrogen-bond acceptors (Lipinski definition) is 1. The largest absolute Gasteiger partial charge is 0.351 e. The van der Waals surface area contributed by atoms with Crippen LogP contribution in [0, 0.1) is 11.8 Å². The van der Waals surface area contributed by atoms with Crippen molar-refractivity contribution in [3.8, 4) is 0 Å². The van der Waals surface area contributed by atoms with Gasteiger partial charge >= 0.3 is 0 Å². The zero-order valence-corrected chi connectivity index (χ0v) is 9.65. The summed E-state index contributed by atoms with van der Waals surface area (Å²) in [4.78, 5) is 0. The topological polar surface area (TPSA) is 20.2 Å². The van der Waals surface area contributed by atoms with Gasteiger partial charge in [0.2, 0.25) is 0 Å². The van der Waals surface area contributed by atoms with Crippen LogP contribution >= 0.6 is 10.3 Å². The Balaban J connectivity index is 2.14. The van der Waals surface area contributed by atoms with Crippen molar-refractivity contribution >= 4 is 10.3 Å². The van der Waals surface area contributed by atoms with Gasteiger partial charge in [0.1, 0.15) is 0 Å². The Labute approximate surface area is 83.4 Å². The molecule has 4 atom stereocenters. The van der Waals surface area contributed by atoms with Crippen molar-refractivity contribution in [1.82, 2.24) is 0 Å². The molecule has 1 N–H and O–H groups in total. The van der Waals surface area contributed by atoms with E-state index in [9.17, 15) is 4.55 Å². The number of fused-ring (bicyclic) bond motifs is 1. The molecule has 0 spiro atoms. The molecule has 78 valence electrons. The van der Waals surface area contributed by atoms with Gasteiger partial charge in [-0.15, -0.1) is 10.3 Å². The molecule has 2 aliphatic rings. The molecule has 2 fully saturated rings. The van der Waals surface area contributed by atoms with Crippen molar-refractivity contribution in [2.45, 2.75) is 44.3 Å². The van der Waals surface area contributed by atoms with E-state index in [1.807, 2.05) is 0 Å². The van der Waals surface area contributed by atoms with Gasteiger partial charge in [-0.3, -0.25) is 0 Å². The Bertz CT molecular complexity index is 191. The molecular weight excluding hydrogens is 180 g/mol. The molecule has 0 radical (unpaired) electrons. The van der Waals surface area contributed by atoms with Crippen molar-refractivity contribution < 1.29 is 4.55 Å². The van der Waals surface area contributed by atoms with E-state index in [1.165, 1.54) is 32.1 Å². The molecule has 0 aromatic heterocycles. The highest BCUT2D eigenvalue weighted by Crippen LogP contribution is 2.58. The summed E-state index contributed by atoms with van der Waals surface area (Å²) in [6.45, 7) is 2.39. The van der Waals surface area contributed by atoms with Gasteiger partial charge in [-0.2, -0.15) is 0 Å². The molecule has 0 bridgehead atoms. The highest BCUT2D eigenvalue weighted by molar-refractivity contribution is 8.29. The molecular formula is C11H22OS. The smallest absolute Gasteiger partial charge is 0.0130 e. The van der Waals surface area contributed by atoms with Crippen LogP contribution in [0.5, 0.6) is 0 Å². The van der Waals surface area contributed by atoms with Crippen molar-refractivity contribution in [1.29, 1.82) is 0 Å². The lowest BCUT2D eigenvalue weighted by molar-refractivity contribution is 0.247. The highest BCUT2D eigenvalue weighted by atomic mass is 32.3. The minimum atomic E-state index is -1.22. The van der Waals surface area contributed by atoms with E-state index in [4.69, 9.17) is 0 Å². The van der Waals surface area contributed by atoms with Crippen LogP contribution < -0.4 is 0 Å². The second kappa shape index (κ2) is 3.47. The van der Waals surface area contributed by atoms with Gasteiger partial charge < -0.3 is 4.55 Å². The Morgan fingerprint density at radius 2 is 1.85 bits per heavy atom. The van der Waals surface area contributed by atoms with E-state index < -0.39 is 10.3 Å². The molecule has 0 amide bonds. The summed E-state index contributed by atoms with van der Waals surface area (Å²) in [5.74, 6) is 2.83. The Morgan fingerprint density at radius 3 is 2.54 bits per heavy atom. The van der Waals surface area contributed by atoms with Gasteiger partial charge in [0, 0.05) is 5.25 Å². The summed E-state index contributed by atoms with van der Waals surface area (Å²) < 4.78 is 10.4. The van der Waals surface area contributed by atoms with E-state index in [0.29, 0.717) is 5.25 Å². The van der Waals surface area contributed by atoms with E-state index in [-0.39, 0.29) is 0 Å². The quantitative estimate of drug-likeness (QED) is 0.637. The average molecular weight is 202 g/mol. The molecule has 0 aromatic rings. The van der Waals surface area contributed by atoms with Crippen molar-refractivity contribution in [2.24, 2.45) is 11.8 Å². The van der Waals surface area contributed by atoms with Crippen LogP contribution in [0.15, 0.2) is 0 Å². The van der Waals surface area contributed by atoms with Crippen LogP contribution in [-0.2, 0) is 0 Å². The average Bonchev–Trinajstić information content (AvgIpc) is 2.13. The van der Waals surface area contributed by atoms with E-state index >= 15 is 0 Å². The van der Waals surface area contributed by atoms with Gasteiger partial charge in [-0.05, 0) is 43.1 Å². The zero-order chi connectivity index (χ0) is 9.47. The van der Waals surface area contributed by atoms with Crippen LogP contribution in [0.4, 0.5) is 0 Å². The monoisotopic (exact) mass is 202 g/mol.